The van der Waals surface area contributed by atoms with E-state index >= 15 is 0 Å². The summed E-state index contributed by atoms with van der Waals surface area (Å²) in [5, 5.41) is 0. The third-order valence-electron chi connectivity index (χ3n) is 2.64. The summed E-state index contributed by atoms with van der Waals surface area (Å²) in [4.78, 5) is 14.6. The Morgan fingerprint density at radius 1 is 1.18 bits per heavy atom. The van der Waals surface area contributed by atoms with Crippen LogP contribution in [0.3, 0.4) is 0 Å². The molecular weight excluding hydrogens is 214 g/mol. The molecule has 0 saturated carbocycles. The summed E-state index contributed by atoms with van der Waals surface area (Å²) in [5.74, 6) is 0.479. The Labute approximate surface area is 100 Å². The Bertz CT molecular complexity index is 518. The molecule has 1 aromatic carbocycles. The van der Waals surface area contributed by atoms with Crippen molar-refractivity contribution in [3.05, 3.63) is 41.8 Å². The maximum Gasteiger partial charge on any atom is 0.226 e. The summed E-state index contributed by atoms with van der Waals surface area (Å²) < 4.78 is 5.22. The minimum atomic E-state index is 0.128. The Balaban J connectivity index is 2.32. The third-order valence-corrected chi connectivity index (χ3v) is 2.64. The summed E-state index contributed by atoms with van der Waals surface area (Å²) in [6, 6.07) is 8.03. The zero-order valence-electron chi connectivity index (χ0n) is 10.2. The summed E-state index contributed by atoms with van der Waals surface area (Å²) in [7, 11) is 0. The van der Waals surface area contributed by atoms with Gasteiger partial charge in [-0.3, -0.25) is 4.79 Å². The Morgan fingerprint density at radius 3 is 2.29 bits per heavy atom. The Kier molecular flexibility index (Phi) is 2.84. The van der Waals surface area contributed by atoms with Crippen LogP contribution in [0.4, 0.5) is 0 Å². The molecule has 0 aliphatic carbocycles. The summed E-state index contributed by atoms with van der Waals surface area (Å²) in [6.07, 6.45) is 2.04. The lowest BCUT2D eigenvalue weighted by molar-refractivity contribution is 0.111. The topological polar surface area (TPSA) is 43.1 Å². The molecule has 0 atom stereocenters. The minimum absolute atomic E-state index is 0.128. The number of hydrogen-bond donors (Lipinski definition) is 0. The number of hydrogen-bond acceptors (Lipinski definition) is 3. The zero-order valence-corrected chi connectivity index (χ0v) is 10.2. The number of oxazole rings is 1. The van der Waals surface area contributed by atoms with Crippen LogP contribution in [-0.4, -0.2) is 11.3 Å². The van der Waals surface area contributed by atoms with E-state index in [4.69, 9.17) is 4.42 Å². The first kappa shape index (κ1) is 11.6. The van der Waals surface area contributed by atoms with Crippen molar-refractivity contribution in [2.75, 3.05) is 0 Å². The fraction of sp³-hybridized carbons (Fsp3) is 0.286. The van der Waals surface area contributed by atoms with Crippen molar-refractivity contribution in [3.8, 4) is 11.5 Å². The van der Waals surface area contributed by atoms with Crippen LogP contribution in [0.5, 0.6) is 0 Å². The fourth-order valence-corrected chi connectivity index (χ4v) is 1.59. The highest BCUT2D eigenvalue weighted by molar-refractivity contribution is 5.72. The van der Waals surface area contributed by atoms with E-state index in [0.717, 1.165) is 5.56 Å². The van der Waals surface area contributed by atoms with Crippen molar-refractivity contribution in [1.82, 2.24) is 4.98 Å². The van der Waals surface area contributed by atoms with Crippen molar-refractivity contribution >= 4 is 6.29 Å². The lowest BCUT2D eigenvalue weighted by Gasteiger charge is -2.18. The quantitative estimate of drug-likeness (QED) is 0.741. The van der Waals surface area contributed by atoms with Crippen molar-refractivity contribution in [2.45, 2.75) is 26.2 Å². The second-order valence-electron chi connectivity index (χ2n) is 5.02. The Morgan fingerprint density at radius 2 is 1.82 bits per heavy atom. The molecule has 0 aliphatic rings. The molecule has 2 rings (SSSR count). The van der Waals surface area contributed by atoms with Gasteiger partial charge in [-0.05, 0) is 23.1 Å². The number of carbonyl (C=O) groups is 1. The van der Waals surface area contributed by atoms with Gasteiger partial charge < -0.3 is 4.42 Å². The molecule has 0 aliphatic heterocycles. The maximum absolute atomic E-state index is 10.5. The van der Waals surface area contributed by atoms with Crippen LogP contribution in [0, 0.1) is 0 Å². The van der Waals surface area contributed by atoms with Gasteiger partial charge in [0, 0.05) is 5.56 Å². The molecule has 0 saturated heterocycles. The first-order valence-corrected chi connectivity index (χ1v) is 5.52. The molecule has 0 radical (unpaired) electrons. The summed E-state index contributed by atoms with van der Waals surface area (Å²) in [5.41, 5.74) is 2.58. The molecule has 3 heteroatoms. The van der Waals surface area contributed by atoms with Crippen LogP contribution in [0.25, 0.3) is 11.5 Å². The predicted octanol–water partition coefficient (Wildman–Crippen LogP) is 3.45. The number of benzene rings is 1. The molecule has 88 valence electrons. The van der Waals surface area contributed by atoms with Crippen LogP contribution in [0.1, 0.15) is 36.8 Å². The second-order valence-corrected chi connectivity index (χ2v) is 5.02. The van der Waals surface area contributed by atoms with Gasteiger partial charge in [0.15, 0.2) is 6.29 Å². The maximum atomic E-state index is 10.5. The monoisotopic (exact) mass is 229 g/mol. The normalized spacial score (nSPS) is 11.5. The Hall–Kier alpha value is -1.90. The summed E-state index contributed by atoms with van der Waals surface area (Å²) >= 11 is 0. The van der Waals surface area contributed by atoms with Crippen LogP contribution >= 0.6 is 0 Å². The molecule has 0 bridgehead atoms. The molecule has 1 aromatic heterocycles. The largest absolute Gasteiger partial charge is 0.444 e. The van der Waals surface area contributed by atoms with Gasteiger partial charge in [-0.25, -0.2) is 4.98 Å². The summed E-state index contributed by atoms with van der Waals surface area (Å²) in [6.45, 7) is 6.49. The number of nitrogens with zero attached hydrogens (tertiary/aromatic N) is 1. The van der Waals surface area contributed by atoms with E-state index in [2.05, 4.69) is 37.9 Å². The number of carbonyl (C=O) groups excluding carboxylic acids is 1. The first-order chi connectivity index (χ1) is 8.00. The van der Waals surface area contributed by atoms with Gasteiger partial charge in [-0.1, -0.05) is 32.9 Å². The highest BCUT2D eigenvalue weighted by Crippen LogP contribution is 2.25. The second kappa shape index (κ2) is 4.17. The van der Waals surface area contributed by atoms with Crippen molar-refractivity contribution in [2.24, 2.45) is 0 Å². The lowest BCUT2D eigenvalue weighted by Crippen LogP contribution is -2.10. The van der Waals surface area contributed by atoms with E-state index < -0.39 is 0 Å². The van der Waals surface area contributed by atoms with E-state index in [0.29, 0.717) is 17.9 Å². The molecule has 0 unspecified atom stereocenters. The van der Waals surface area contributed by atoms with Crippen LogP contribution in [0.15, 0.2) is 34.9 Å². The molecular formula is C14H15NO2. The highest BCUT2D eigenvalue weighted by atomic mass is 16.3. The van der Waals surface area contributed by atoms with E-state index in [1.165, 1.54) is 11.8 Å². The number of aromatic nitrogens is 1. The van der Waals surface area contributed by atoms with Gasteiger partial charge in [0.05, 0.1) is 0 Å². The van der Waals surface area contributed by atoms with Gasteiger partial charge in [-0.15, -0.1) is 0 Å². The SMILES string of the molecule is CC(C)(C)c1ccc(-c2nc(C=O)co2)cc1. The third kappa shape index (κ3) is 2.44. The van der Waals surface area contributed by atoms with Crippen LogP contribution in [0.2, 0.25) is 0 Å². The molecule has 0 N–H and O–H groups in total. The predicted molar refractivity (Wildman–Crippen MR) is 66.0 cm³/mol. The van der Waals surface area contributed by atoms with Gasteiger partial charge in [0.25, 0.3) is 0 Å². The molecule has 1 heterocycles. The molecule has 0 amide bonds. The first-order valence-electron chi connectivity index (χ1n) is 5.52. The lowest BCUT2D eigenvalue weighted by atomic mass is 9.87. The average Bonchev–Trinajstić information content (AvgIpc) is 2.76. The van der Waals surface area contributed by atoms with Gasteiger partial charge in [0.2, 0.25) is 5.89 Å². The van der Waals surface area contributed by atoms with E-state index in [1.54, 1.807) is 0 Å². The number of aldehydes is 1. The zero-order chi connectivity index (χ0) is 12.5. The highest BCUT2D eigenvalue weighted by Gasteiger charge is 2.14. The molecule has 0 fully saturated rings. The minimum Gasteiger partial charge on any atom is -0.444 e. The van der Waals surface area contributed by atoms with Crippen molar-refractivity contribution in [3.63, 3.8) is 0 Å². The van der Waals surface area contributed by atoms with Crippen LogP contribution < -0.4 is 0 Å². The fourth-order valence-electron chi connectivity index (χ4n) is 1.59. The van der Waals surface area contributed by atoms with Crippen molar-refractivity contribution in [1.29, 1.82) is 0 Å². The van der Waals surface area contributed by atoms with E-state index in [-0.39, 0.29) is 5.41 Å². The molecule has 2 aromatic rings. The molecule has 0 spiro atoms. The molecule has 17 heavy (non-hydrogen) atoms. The standard InChI is InChI=1S/C14H15NO2/c1-14(2,3)11-6-4-10(5-7-11)13-15-12(8-16)9-17-13/h4-9H,1-3H3. The average molecular weight is 229 g/mol. The molecule has 3 nitrogen and oxygen atoms in total. The van der Waals surface area contributed by atoms with Gasteiger partial charge in [-0.2, -0.15) is 0 Å². The van der Waals surface area contributed by atoms with E-state index in [1.807, 2.05) is 12.1 Å². The smallest absolute Gasteiger partial charge is 0.226 e. The number of rotatable bonds is 2. The van der Waals surface area contributed by atoms with Crippen LogP contribution in [-0.2, 0) is 5.41 Å². The van der Waals surface area contributed by atoms with E-state index in [9.17, 15) is 4.79 Å². The van der Waals surface area contributed by atoms with Crippen molar-refractivity contribution < 1.29 is 9.21 Å². The van der Waals surface area contributed by atoms with Gasteiger partial charge >= 0.3 is 0 Å². The van der Waals surface area contributed by atoms with Gasteiger partial charge in [0.1, 0.15) is 12.0 Å².